The molecule has 1 saturated heterocycles. The molecule has 0 aliphatic carbocycles. The Morgan fingerprint density at radius 3 is 2.34 bits per heavy atom. The van der Waals surface area contributed by atoms with Gasteiger partial charge in [-0.25, -0.2) is 12.8 Å². The average Bonchev–Trinajstić information content (AvgIpc) is 3.27. The highest BCUT2D eigenvalue weighted by Crippen LogP contribution is 2.22. The van der Waals surface area contributed by atoms with Crippen LogP contribution in [0.2, 0.25) is 0 Å². The molecule has 0 saturated carbocycles. The van der Waals surface area contributed by atoms with E-state index in [1.807, 2.05) is 0 Å². The third kappa shape index (κ3) is 6.01. The summed E-state index contributed by atoms with van der Waals surface area (Å²) in [6, 6.07) is 12.4. The Morgan fingerprint density at radius 2 is 1.69 bits per heavy atom. The quantitative estimate of drug-likeness (QED) is 0.633. The molecule has 0 atom stereocenters. The van der Waals surface area contributed by atoms with Crippen molar-refractivity contribution in [1.29, 1.82) is 0 Å². The van der Waals surface area contributed by atoms with E-state index in [1.54, 1.807) is 36.4 Å². The van der Waals surface area contributed by atoms with Gasteiger partial charge in [-0.3, -0.25) is 4.79 Å². The van der Waals surface area contributed by atoms with Gasteiger partial charge in [0.1, 0.15) is 18.2 Å². The van der Waals surface area contributed by atoms with Gasteiger partial charge in [-0.1, -0.05) is 12.1 Å². The number of benzene rings is 2. The van der Waals surface area contributed by atoms with Crippen molar-refractivity contribution in [3.63, 3.8) is 0 Å². The standard InChI is InChI=1S/C21H25FN2O4S/c22-18-6-3-17(4-7-18)5-12-21(25)23-13-16-28-19-8-10-20(11-9-19)29(26,27)24-14-1-2-15-24/h3-4,6-11H,1-2,5,12-16H2,(H,23,25). The van der Waals surface area contributed by atoms with E-state index < -0.39 is 10.0 Å². The van der Waals surface area contributed by atoms with E-state index in [0.717, 1.165) is 18.4 Å². The molecule has 3 rings (SSSR count). The maximum absolute atomic E-state index is 12.9. The molecule has 2 aromatic rings. The maximum Gasteiger partial charge on any atom is 0.243 e. The Kier molecular flexibility index (Phi) is 7.22. The molecule has 0 spiro atoms. The van der Waals surface area contributed by atoms with Crippen LogP contribution >= 0.6 is 0 Å². The number of carbonyl (C=O) groups is 1. The first-order valence-corrected chi connectivity index (χ1v) is 11.1. The van der Waals surface area contributed by atoms with Crippen LogP contribution in [0, 0.1) is 5.82 Å². The average molecular weight is 421 g/mol. The Hall–Kier alpha value is -2.45. The van der Waals surface area contributed by atoms with E-state index in [4.69, 9.17) is 4.74 Å². The van der Waals surface area contributed by atoms with Gasteiger partial charge in [0.05, 0.1) is 11.4 Å². The number of nitrogens with zero attached hydrogens (tertiary/aromatic N) is 1. The van der Waals surface area contributed by atoms with E-state index >= 15 is 0 Å². The molecule has 1 fully saturated rings. The molecule has 0 radical (unpaired) electrons. The van der Waals surface area contributed by atoms with Gasteiger partial charge in [0.2, 0.25) is 15.9 Å². The number of nitrogens with one attached hydrogen (secondary N) is 1. The fourth-order valence-corrected chi connectivity index (χ4v) is 4.66. The van der Waals surface area contributed by atoms with E-state index in [2.05, 4.69) is 5.32 Å². The zero-order chi connectivity index (χ0) is 20.7. The summed E-state index contributed by atoms with van der Waals surface area (Å²) in [6.07, 6.45) is 2.65. The minimum absolute atomic E-state index is 0.107. The SMILES string of the molecule is O=C(CCc1ccc(F)cc1)NCCOc1ccc(S(=O)(=O)N2CCCC2)cc1. The molecular formula is C21H25FN2O4S. The van der Waals surface area contributed by atoms with Crippen molar-refractivity contribution in [2.24, 2.45) is 0 Å². The summed E-state index contributed by atoms with van der Waals surface area (Å²) in [5.41, 5.74) is 0.904. The molecule has 1 heterocycles. The number of carbonyl (C=O) groups excluding carboxylic acids is 1. The van der Waals surface area contributed by atoms with Gasteiger partial charge in [0.15, 0.2) is 0 Å². The molecule has 0 aromatic heterocycles. The smallest absolute Gasteiger partial charge is 0.243 e. The molecule has 2 aromatic carbocycles. The highest BCUT2D eigenvalue weighted by Gasteiger charge is 2.26. The summed E-state index contributed by atoms with van der Waals surface area (Å²) in [5.74, 6) is 0.146. The number of amides is 1. The number of rotatable bonds is 9. The van der Waals surface area contributed by atoms with E-state index in [9.17, 15) is 17.6 Å². The second kappa shape index (κ2) is 9.84. The second-order valence-corrected chi connectivity index (χ2v) is 8.85. The van der Waals surface area contributed by atoms with Gasteiger partial charge >= 0.3 is 0 Å². The molecule has 156 valence electrons. The molecule has 0 unspecified atom stereocenters. The Morgan fingerprint density at radius 1 is 1.03 bits per heavy atom. The largest absolute Gasteiger partial charge is 0.492 e. The first-order chi connectivity index (χ1) is 13.9. The van der Waals surface area contributed by atoms with Gasteiger partial charge < -0.3 is 10.1 Å². The normalized spacial score (nSPS) is 14.7. The van der Waals surface area contributed by atoms with Crippen LogP contribution in [0.1, 0.15) is 24.8 Å². The fraction of sp³-hybridized carbons (Fsp3) is 0.381. The van der Waals surface area contributed by atoms with Gasteiger partial charge in [-0.05, 0) is 61.2 Å². The second-order valence-electron chi connectivity index (χ2n) is 6.91. The van der Waals surface area contributed by atoms with Crippen molar-refractivity contribution in [2.45, 2.75) is 30.6 Å². The number of hydrogen-bond donors (Lipinski definition) is 1. The van der Waals surface area contributed by atoms with E-state index in [0.29, 0.717) is 38.2 Å². The zero-order valence-corrected chi connectivity index (χ0v) is 17.0. The Balaban J connectivity index is 1.38. The number of sulfonamides is 1. The van der Waals surface area contributed by atoms with Crippen LogP contribution in [0.15, 0.2) is 53.4 Å². The summed E-state index contributed by atoms with van der Waals surface area (Å²) in [5, 5.41) is 2.77. The van der Waals surface area contributed by atoms with Gasteiger partial charge in [-0.15, -0.1) is 0 Å². The lowest BCUT2D eigenvalue weighted by atomic mass is 10.1. The molecule has 29 heavy (non-hydrogen) atoms. The summed E-state index contributed by atoms with van der Waals surface area (Å²) in [6.45, 7) is 1.76. The molecule has 0 bridgehead atoms. The summed E-state index contributed by atoms with van der Waals surface area (Å²) in [4.78, 5) is 12.1. The molecule has 1 N–H and O–H groups in total. The highest BCUT2D eigenvalue weighted by molar-refractivity contribution is 7.89. The van der Waals surface area contributed by atoms with Gasteiger partial charge in [0.25, 0.3) is 0 Å². The molecule has 1 amide bonds. The Bertz CT molecular complexity index is 909. The fourth-order valence-electron chi connectivity index (χ4n) is 3.14. The maximum atomic E-state index is 12.9. The lowest BCUT2D eigenvalue weighted by Crippen LogP contribution is -2.28. The third-order valence-corrected chi connectivity index (χ3v) is 6.69. The minimum Gasteiger partial charge on any atom is -0.492 e. The highest BCUT2D eigenvalue weighted by atomic mass is 32.2. The van der Waals surface area contributed by atoms with Gasteiger partial charge in [0, 0.05) is 19.5 Å². The topological polar surface area (TPSA) is 75.7 Å². The first-order valence-electron chi connectivity index (χ1n) is 9.69. The molecule has 1 aliphatic heterocycles. The number of ether oxygens (including phenoxy) is 1. The van der Waals surface area contributed by atoms with Crippen molar-refractivity contribution in [3.05, 3.63) is 59.9 Å². The van der Waals surface area contributed by atoms with Crippen LogP contribution < -0.4 is 10.1 Å². The minimum atomic E-state index is -3.42. The Labute approximate surface area is 170 Å². The van der Waals surface area contributed by atoms with Gasteiger partial charge in [-0.2, -0.15) is 4.31 Å². The molecule has 1 aliphatic rings. The lowest BCUT2D eigenvalue weighted by molar-refractivity contribution is -0.121. The van der Waals surface area contributed by atoms with Crippen LogP contribution in [-0.4, -0.2) is 44.9 Å². The number of aryl methyl sites for hydroxylation is 1. The first kappa shape index (κ1) is 21.3. The summed E-state index contributed by atoms with van der Waals surface area (Å²) >= 11 is 0. The predicted octanol–water partition coefficient (Wildman–Crippen LogP) is 2.74. The summed E-state index contributed by atoms with van der Waals surface area (Å²) < 4.78 is 44.9. The van der Waals surface area contributed by atoms with E-state index in [1.165, 1.54) is 16.4 Å². The van der Waals surface area contributed by atoms with Crippen LogP contribution in [0.25, 0.3) is 0 Å². The molecule has 8 heteroatoms. The summed E-state index contributed by atoms with van der Waals surface area (Å²) in [7, 11) is -3.42. The molecular weight excluding hydrogens is 395 g/mol. The number of halogens is 1. The lowest BCUT2D eigenvalue weighted by Gasteiger charge is -2.15. The van der Waals surface area contributed by atoms with Crippen molar-refractivity contribution >= 4 is 15.9 Å². The number of hydrogen-bond acceptors (Lipinski definition) is 4. The van der Waals surface area contributed by atoms with Crippen LogP contribution in [0.5, 0.6) is 5.75 Å². The predicted molar refractivity (Wildman–Crippen MR) is 108 cm³/mol. The van der Waals surface area contributed by atoms with E-state index in [-0.39, 0.29) is 23.2 Å². The van der Waals surface area contributed by atoms with Crippen molar-refractivity contribution in [2.75, 3.05) is 26.2 Å². The molecule has 6 nitrogen and oxygen atoms in total. The van der Waals surface area contributed by atoms with Crippen molar-refractivity contribution < 1.29 is 22.3 Å². The van der Waals surface area contributed by atoms with Crippen LogP contribution in [-0.2, 0) is 21.2 Å². The van der Waals surface area contributed by atoms with Crippen LogP contribution in [0.3, 0.4) is 0 Å². The zero-order valence-electron chi connectivity index (χ0n) is 16.1. The third-order valence-electron chi connectivity index (χ3n) is 4.77. The monoisotopic (exact) mass is 420 g/mol. The van der Waals surface area contributed by atoms with Crippen molar-refractivity contribution in [1.82, 2.24) is 9.62 Å². The van der Waals surface area contributed by atoms with Crippen LogP contribution in [0.4, 0.5) is 4.39 Å². The van der Waals surface area contributed by atoms with Crippen molar-refractivity contribution in [3.8, 4) is 5.75 Å².